The Morgan fingerprint density at radius 2 is 1.25 bits per heavy atom. The van der Waals surface area contributed by atoms with E-state index < -0.39 is 0 Å². The highest BCUT2D eigenvalue weighted by atomic mass is 16.7. The van der Waals surface area contributed by atoms with Crippen LogP contribution in [0.4, 0.5) is 5.69 Å². The van der Waals surface area contributed by atoms with E-state index in [1.165, 1.54) is 5.56 Å². The molecule has 4 nitrogen and oxygen atoms in total. The van der Waals surface area contributed by atoms with Gasteiger partial charge in [-0.15, -0.1) is 0 Å². The Balaban J connectivity index is 1.27. The molecule has 0 aromatic heterocycles. The monoisotopic (exact) mass is 418 g/mol. The van der Waals surface area contributed by atoms with Gasteiger partial charge < -0.3 is 9.47 Å². The highest BCUT2D eigenvalue weighted by Gasteiger charge is 2.01. The second kappa shape index (κ2) is 10.1. The summed E-state index contributed by atoms with van der Waals surface area (Å²) >= 11 is 0. The van der Waals surface area contributed by atoms with Crippen LogP contribution in [0.5, 0.6) is 11.5 Å². The Hall–Kier alpha value is -4.36. The van der Waals surface area contributed by atoms with Gasteiger partial charge in [0.2, 0.25) is 6.79 Å². The number of nitrogens with zero attached hydrogens (tertiary/aromatic N) is 2. The Kier molecular flexibility index (Phi) is 6.60. The fraction of sp³-hybridized carbons (Fsp3) is 0.0714. The van der Waals surface area contributed by atoms with Crippen LogP contribution < -0.4 is 9.47 Å². The largest absolute Gasteiger partial charge is 0.458 e. The van der Waals surface area contributed by atoms with Crippen LogP contribution >= 0.6 is 0 Å². The van der Waals surface area contributed by atoms with Crippen LogP contribution in [0.15, 0.2) is 102 Å². The summed E-state index contributed by atoms with van der Waals surface area (Å²) in [6, 6.07) is 33.2. The minimum Gasteiger partial charge on any atom is -0.458 e. The van der Waals surface area contributed by atoms with Crippen LogP contribution in [0.25, 0.3) is 11.1 Å². The van der Waals surface area contributed by atoms with E-state index in [9.17, 15) is 0 Å². The summed E-state index contributed by atoms with van der Waals surface area (Å²) in [5.41, 5.74) is 5.91. The molecule has 0 saturated carbocycles. The standard InChI is InChI=1S/C28H22N2O2/c1-21-2-12-26(13-3-21)30-19-23-6-14-27(15-7-23)31-20-32-28-16-10-25(11-17-28)24-8-4-22(18-29)5-9-24/h2-17,19H,20H2,1H3. The first-order valence-corrected chi connectivity index (χ1v) is 10.3. The Morgan fingerprint density at radius 1 is 0.719 bits per heavy atom. The van der Waals surface area contributed by atoms with Gasteiger partial charge in [-0.3, -0.25) is 4.99 Å². The first-order chi connectivity index (χ1) is 15.7. The van der Waals surface area contributed by atoms with E-state index in [1.54, 1.807) is 0 Å². The van der Waals surface area contributed by atoms with E-state index in [4.69, 9.17) is 14.7 Å². The zero-order valence-corrected chi connectivity index (χ0v) is 17.7. The number of aryl methyl sites for hydroxylation is 1. The summed E-state index contributed by atoms with van der Waals surface area (Å²) in [6.07, 6.45) is 1.83. The summed E-state index contributed by atoms with van der Waals surface area (Å²) in [7, 11) is 0. The van der Waals surface area contributed by atoms with Crippen LogP contribution in [0.2, 0.25) is 0 Å². The fourth-order valence-electron chi connectivity index (χ4n) is 3.08. The van der Waals surface area contributed by atoms with E-state index >= 15 is 0 Å². The number of hydrogen-bond donors (Lipinski definition) is 0. The van der Waals surface area contributed by atoms with Gasteiger partial charge >= 0.3 is 0 Å². The third kappa shape index (κ3) is 5.62. The lowest BCUT2D eigenvalue weighted by Gasteiger charge is -2.09. The van der Waals surface area contributed by atoms with Crippen LogP contribution in [-0.4, -0.2) is 13.0 Å². The summed E-state index contributed by atoms with van der Waals surface area (Å²) in [4.78, 5) is 4.48. The van der Waals surface area contributed by atoms with Crippen molar-refractivity contribution < 1.29 is 9.47 Å². The SMILES string of the molecule is Cc1ccc(N=Cc2ccc(OCOc3ccc(-c4ccc(C#N)cc4)cc3)cc2)cc1. The quantitative estimate of drug-likeness (QED) is 0.248. The molecule has 0 aliphatic heterocycles. The lowest BCUT2D eigenvalue weighted by Crippen LogP contribution is -2.05. The van der Waals surface area contributed by atoms with Crippen molar-refractivity contribution in [3.63, 3.8) is 0 Å². The predicted octanol–water partition coefficient (Wildman–Crippen LogP) is 6.70. The van der Waals surface area contributed by atoms with Gasteiger partial charge in [0.25, 0.3) is 0 Å². The molecule has 0 spiro atoms. The van der Waals surface area contributed by atoms with Crippen molar-refractivity contribution in [3.05, 3.63) is 114 Å². The van der Waals surface area contributed by atoms with E-state index in [2.05, 4.69) is 18.0 Å². The van der Waals surface area contributed by atoms with Gasteiger partial charge in [0, 0.05) is 6.21 Å². The van der Waals surface area contributed by atoms with Gasteiger partial charge in [-0.25, -0.2) is 0 Å². The van der Waals surface area contributed by atoms with Gasteiger partial charge in [-0.1, -0.05) is 42.0 Å². The molecule has 4 heteroatoms. The smallest absolute Gasteiger partial charge is 0.230 e. The molecule has 32 heavy (non-hydrogen) atoms. The average molecular weight is 418 g/mol. The van der Waals surface area contributed by atoms with Crippen molar-refractivity contribution >= 4 is 11.9 Å². The highest BCUT2D eigenvalue weighted by molar-refractivity contribution is 5.82. The molecule has 0 aliphatic rings. The van der Waals surface area contributed by atoms with Crippen molar-refractivity contribution in [1.82, 2.24) is 0 Å². The van der Waals surface area contributed by atoms with Gasteiger partial charge in [-0.2, -0.15) is 5.26 Å². The lowest BCUT2D eigenvalue weighted by atomic mass is 10.0. The van der Waals surface area contributed by atoms with Gasteiger partial charge in [0.05, 0.1) is 17.3 Å². The highest BCUT2D eigenvalue weighted by Crippen LogP contribution is 2.23. The molecule has 0 bridgehead atoms. The number of hydrogen-bond acceptors (Lipinski definition) is 4. The minimum absolute atomic E-state index is 0.118. The maximum absolute atomic E-state index is 8.90. The number of nitriles is 1. The number of benzene rings is 4. The summed E-state index contributed by atoms with van der Waals surface area (Å²) < 4.78 is 11.4. The van der Waals surface area contributed by atoms with Crippen LogP contribution in [0.1, 0.15) is 16.7 Å². The van der Waals surface area contributed by atoms with Gasteiger partial charge in [-0.05, 0) is 84.3 Å². The Bertz CT molecular complexity index is 1220. The first-order valence-electron chi connectivity index (χ1n) is 10.3. The van der Waals surface area contributed by atoms with Crippen LogP contribution in [0, 0.1) is 18.3 Å². The molecule has 0 fully saturated rings. The Morgan fingerprint density at radius 3 is 1.81 bits per heavy atom. The second-order valence-corrected chi connectivity index (χ2v) is 7.28. The molecule has 0 unspecified atom stereocenters. The van der Waals surface area contributed by atoms with Crippen molar-refractivity contribution in [1.29, 1.82) is 5.26 Å². The zero-order chi connectivity index (χ0) is 22.2. The van der Waals surface area contributed by atoms with Crippen molar-refractivity contribution in [2.75, 3.05) is 6.79 Å². The van der Waals surface area contributed by atoms with E-state index in [1.807, 2.05) is 103 Å². The van der Waals surface area contributed by atoms with Crippen molar-refractivity contribution in [2.24, 2.45) is 4.99 Å². The fourth-order valence-corrected chi connectivity index (χ4v) is 3.08. The Labute approximate surface area is 188 Å². The normalized spacial score (nSPS) is 10.6. The molecule has 0 atom stereocenters. The average Bonchev–Trinajstić information content (AvgIpc) is 2.85. The molecule has 4 aromatic carbocycles. The second-order valence-electron chi connectivity index (χ2n) is 7.28. The van der Waals surface area contributed by atoms with Crippen molar-refractivity contribution in [2.45, 2.75) is 6.92 Å². The maximum atomic E-state index is 8.90. The lowest BCUT2D eigenvalue weighted by molar-refractivity contribution is 0.120. The molecular formula is C28H22N2O2. The zero-order valence-electron chi connectivity index (χ0n) is 17.7. The van der Waals surface area contributed by atoms with E-state index in [0.29, 0.717) is 5.56 Å². The molecule has 156 valence electrons. The molecule has 0 heterocycles. The van der Waals surface area contributed by atoms with Crippen molar-refractivity contribution in [3.8, 4) is 28.7 Å². The predicted molar refractivity (Wildman–Crippen MR) is 128 cm³/mol. The molecule has 0 amide bonds. The van der Waals surface area contributed by atoms with Gasteiger partial charge in [0.15, 0.2) is 0 Å². The van der Waals surface area contributed by atoms with E-state index in [-0.39, 0.29) is 6.79 Å². The summed E-state index contributed by atoms with van der Waals surface area (Å²) in [5.74, 6) is 1.45. The number of aliphatic imine (C=N–C) groups is 1. The number of ether oxygens (including phenoxy) is 2. The first kappa shape index (κ1) is 20.9. The third-order valence-electron chi connectivity index (χ3n) is 4.93. The van der Waals surface area contributed by atoms with Gasteiger partial charge in [0.1, 0.15) is 11.5 Å². The summed E-state index contributed by atoms with van der Waals surface area (Å²) in [6.45, 7) is 2.18. The number of rotatable bonds is 7. The maximum Gasteiger partial charge on any atom is 0.230 e. The van der Waals surface area contributed by atoms with Crippen LogP contribution in [-0.2, 0) is 0 Å². The molecule has 0 N–H and O–H groups in total. The summed E-state index contributed by atoms with van der Waals surface area (Å²) in [5, 5.41) is 8.90. The molecule has 4 rings (SSSR count). The molecule has 0 radical (unpaired) electrons. The topological polar surface area (TPSA) is 54.6 Å². The molecule has 0 saturated heterocycles. The third-order valence-corrected chi connectivity index (χ3v) is 4.93. The van der Waals surface area contributed by atoms with Crippen LogP contribution in [0.3, 0.4) is 0 Å². The molecule has 4 aromatic rings. The van der Waals surface area contributed by atoms with E-state index in [0.717, 1.165) is 33.9 Å². The molecule has 0 aliphatic carbocycles. The molecular weight excluding hydrogens is 396 g/mol. The minimum atomic E-state index is 0.118.